The molecular weight excluding hydrogens is 484 g/mol. The fourth-order valence-corrected chi connectivity index (χ4v) is 4.59. The number of allylic oxidation sites excluding steroid dienone is 1. The van der Waals surface area contributed by atoms with Crippen LogP contribution >= 0.6 is 0 Å². The standard InChI is InChI=1S/C27H38N2O4S.C3H6/c1-20(2)14-15-29(34(31)25-12-8-22(5)9-13-25)19-27(30)28(17-21(3)4)18-23-10-11-24(32-6)16-26(23)33-7;1-3-2/h8-13,16,20H,3,14-15,17-19H2,1-2,4-7H3;3H,1H2,2H3. The van der Waals surface area contributed by atoms with Gasteiger partial charge in [0, 0.05) is 31.3 Å². The van der Waals surface area contributed by atoms with Crippen LogP contribution in [0.25, 0.3) is 0 Å². The number of methoxy groups -OCH3 is 2. The first-order chi connectivity index (χ1) is 17.6. The van der Waals surface area contributed by atoms with Crippen LogP contribution in [0.4, 0.5) is 0 Å². The van der Waals surface area contributed by atoms with Crippen molar-refractivity contribution in [2.45, 2.75) is 52.5 Å². The quantitative estimate of drug-likeness (QED) is 0.291. The van der Waals surface area contributed by atoms with Crippen LogP contribution in [0.1, 0.15) is 45.2 Å². The van der Waals surface area contributed by atoms with Gasteiger partial charge in [-0.15, -0.1) is 6.58 Å². The summed E-state index contributed by atoms with van der Waals surface area (Å²) in [5.74, 6) is 1.67. The topological polar surface area (TPSA) is 59.1 Å². The summed E-state index contributed by atoms with van der Waals surface area (Å²) in [4.78, 5) is 15.9. The van der Waals surface area contributed by atoms with Gasteiger partial charge in [0.2, 0.25) is 5.91 Å². The van der Waals surface area contributed by atoms with E-state index in [-0.39, 0.29) is 12.5 Å². The highest BCUT2D eigenvalue weighted by Gasteiger charge is 2.24. The Kier molecular flexibility index (Phi) is 14.6. The number of hydrogen-bond donors (Lipinski definition) is 0. The maximum atomic E-state index is 13.5. The number of rotatable bonds is 13. The van der Waals surface area contributed by atoms with Crippen LogP contribution in [-0.4, -0.2) is 53.2 Å². The highest BCUT2D eigenvalue weighted by atomic mass is 32.2. The van der Waals surface area contributed by atoms with Crippen LogP contribution in [0.2, 0.25) is 0 Å². The molecule has 0 radical (unpaired) electrons. The second-order valence-corrected chi connectivity index (χ2v) is 10.9. The minimum absolute atomic E-state index is 0.0545. The van der Waals surface area contributed by atoms with Crippen molar-refractivity contribution < 1.29 is 18.5 Å². The van der Waals surface area contributed by atoms with Gasteiger partial charge in [-0.05, 0) is 57.4 Å². The third-order valence-electron chi connectivity index (χ3n) is 5.39. The summed E-state index contributed by atoms with van der Waals surface area (Å²) >= 11 is 0. The van der Waals surface area contributed by atoms with Gasteiger partial charge in [-0.1, -0.05) is 49.8 Å². The Morgan fingerprint density at radius 3 is 2.22 bits per heavy atom. The third kappa shape index (κ3) is 11.4. The fourth-order valence-electron chi connectivity index (χ4n) is 3.42. The van der Waals surface area contributed by atoms with E-state index in [1.165, 1.54) is 0 Å². The normalized spacial score (nSPS) is 11.4. The monoisotopic (exact) mass is 528 g/mol. The maximum Gasteiger partial charge on any atom is 0.238 e. The maximum absolute atomic E-state index is 13.5. The van der Waals surface area contributed by atoms with Gasteiger partial charge >= 0.3 is 0 Å². The Hall–Kier alpha value is -2.90. The Morgan fingerprint density at radius 2 is 1.70 bits per heavy atom. The molecule has 204 valence electrons. The average molecular weight is 529 g/mol. The molecule has 0 spiro atoms. The van der Waals surface area contributed by atoms with E-state index in [1.54, 1.807) is 35.6 Å². The molecule has 0 fully saturated rings. The van der Waals surface area contributed by atoms with Gasteiger partial charge < -0.3 is 14.4 Å². The molecule has 0 aromatic heterocycles. The summed E-state index contributed by atoms with van der Waals surface area (Å²) in [6, 6.07) is 13.2. The van der Waals surface area contributed by atoms with Crippen LogP contribution < -0.4 is 9.47 Å². The molecule has 2 aromatic rings. The van der Waals surface area contributed by atoms with Crippen LogP contribution in [0, 0.1) is 12.8 Å². The molecule has 0 aliphatic carbocycles. The van der Waals surface area contributed by atoms with E-state index < -0.39 is 11.0 Å². The molecule has 0 saturated heterocycles. The van der Waals surface area contributed by atoms with Crippen molar-refractivity contribution in [1.29, 1.82) is 0 Å². The number of carbonyl (C=O) groups excluding carboxylic acids is 1. The van der Waals surface area contributed by atoms with Crippen molar-refractivity contribution in [3.8, 4) is 11.5 Å². The molecule has 7 heteroatoms. The van der Waals surface area contributed by atoms with E-state index in [9.17, 15) is 9.00 Å². The number of carbonyl (C=O) groups is 1. The lowest BCUT2D eigenvalue weighted by atomic mass is 10.1. The van der Waals surface area contributed by atoms with Crippen molar-refractivity contribution in [2.24, 2.45) is 5.92 Å². The van der Waals surface area contributed by atoms with Crippen molar-refractivity contribution in [2.75, 3.05) is 33.9 Å². The average Bonchev–Trinajstić information content (AvgIpc) is 2.86. The number of aryl methyl sites for hydroxylation is 1. The first-order valence-corrected chi connectivity index (χ1v) is 13.6. The zero-order valence-corrected chi connectivity index (χ0v) is 24.4. The zero-order chi connectivity index (χ0) is 28.0. The Labute approximate surface area is 226 Å². The highest BCUT2D eigenvalue weighted by Crippen LogP contribution is 2.26. The summed E-state index contributed by atoms with van der Waals surface area (Å²) in [5.41, 5.74) is 2.84. The van der Waals surface area contributed by atoms with E-state index in [4.69, 9.17) is 9.47 Å². The van der Waals surface area contributed by atoms with E-state index in [2.05, 4.69) is 27.0 Å². The second-order valence-electron chi connectivity index (χ2n) is 9.40. The van der Waals surface area contributed by atoms with Crippen LogP contribution in [0.3, 0.4) is 0 Å². The Balaban J connectivity index is 0.00000217. The van der Waals surface area contributed by atoms with Gasteiger partial charge in [0.15, 0.2) is 0 Å². The van der Waals surface area contributed by atoms with Crippen molar-refractivity contribution in [1.82, 2.24) is 9.21 Å². The van der Waals surface area contributed by atoms with Crippen LogP contribution in [0.15, 0.2) is 72.2 Å². The molecule has 1 amide bonds. The van der Waals surface area contributed by atoms with Gasteiger partial charge in [0.05, 0.1) is 25.7 Å². The molecule has 1 unspecified atom stereocenters. The fraction of sp³-hybridized carbons (Fsp3) is 0.433. The lowest BCUT2D eigenvalue weighted by Crippen LogP contribution is -2.42. The summed E-state index contributed by atoms with van der Waals surface area (Å²) in [5, 5.41) is 0. The minimum atomic E-state index is -1.43. The molecule has 37 heavy (non-hydrogen) atoms. The molecule has 0 aliphatic heterocycles. The zero-order valence-electron chi connectivity index (χ0n) is 23.6. The van der Waals surface area contributed by atoms with Crippen molar-refractivity contribution in [3.05, 3.63) is 78.4 Å². The molecule has 0 N–H and O–H groups in total. The predicted molar refractivity (Wildman–Crippen MR) is 154 cm³/mol. The van der Waals surface area contributed by atoms with Crippen LogP contribution in [0.5, 0.6) is 11.5 Å². The molecule has 0 heterocycles. The predicted octanol–water partition coefficient (Wildman–Crippen LogP) is 6.18. The molecular formula is C30H44N2O4S. The number of ether oxygens (including phenoxy) is 2. The van der Waals surface area contributed by atoms with E-state index >= 15 is 0 Å². The van der Waals surface area contributed by atoms with Gasteiger partial charge in [-0.2, -0.15) is 0 Å². The molecule has 0 bridgehead atoms. The van der Waals surface area contributed by atoms with Gasteiger partial charge in [-0.3, -0.25) is 4.79 Å². The van der Waals surface area contributed by atoms with E-state index in [0.717, 1.165) is 23.1 Å². The summed E-state index contributed by atoms with van der Waals surface area (Å²) in [6.07, 6.45) is 2.59. The SMILES string of the molecule is C=C(C)CN(Cc1ccc(OC)cc1OC)C(=O)CN(CCC(C)C)S(=O)c1ccc(C)cc1.C=CC. The number of nitrogens with zero attached hydrogens (tertiary/aromatic N) is 2. The first kappa shape index (κ1) is 32.1. The molecule has 1 atom stereocenters. The van der Waals surface area contributed by atoms with Gasteiger partial charge in [-0.25, -0.2) is 8.51 Å². The van der Waals surface area contributed by atoms with Crippen molar-refractivity contribution in [3.63, 3.8) is 0 Å². The number of benzene rings is 2. The largest absolute Gasteiger partial charge is 0.497 e. The number of hydrogen-bond acceptors (Lipinski definition) is 4. The van der Waals surface area contributed by atoms with E-state index in [0.29, 0.717) is 41.9 Å². The minimum Gasteiger partial charge on any atom is -0.497 e. The molecule has 6 nitrogen and oxygen atoms in total. The Morgan fingerprint density at radius 1 is 1.08 bits per heavy atom. The van der Waals surface area contributed by atoms with Gasteiger partial charge in [0.25, 0.3) is 0 Å². The van der Waals surface area contributed by atoms with Crippen LogP contribution in [-0.2, 0) is 22.3 Å². The molecule has 0 saturated carbocycles. The first-order valence-electron chi connectivity index (χ1n) is 12.5. The molecule has 0 aliphatic rings. The lowest BCUT2D eigenvalue weighted by molar-refractivity contribution is -0.131. The third-order valence-corrected chi connectivity index (χ3v) is 6.85. The smallest absolute Gasteiger partial charge is 0.238 e. The molecule has 2 rings (SSSR count). The highest BCUT2D eigenvalue weighted by molar-refractivity contribution is 7.82. The summed E-state index contributed by atoms with van der Waals surface area (Å²) < 4.78 is 26.0. The lowest BCUT2D eigenvalue weighted by Gasteiger charge is -2.28. The van der Waals surface area contributed by atoms with E-state index in [1.807, 2.05) is 57.2 Å². The number of amides is 1. The Bertz CT molecular complexity index is 1030. The van der Waals surface area contributed by atoms with Crippen molar-refractivity contribution >= 4 is 16.9 Å². The summed E-state index contributed by atoms with van der Waals surface area (Å²) in [7, 11) is 1.77. The molecule has 2 aromatic carbocycles. The summed E-state index contributed by atoms with van der Waals surface area (Å²) in [6.45, 7) is 18.8. The second kappa shape index (κ2) is 16.8. The van der Waals surface area contributed by atoms with Gasteiger partial charge in [0.1, 0.15) is 22.5 Å².